The predicted octanol–water partition coefficient (Wildman–Crippen LogP) is 18.7. The van der Waals surface area contributed by atoms with Crippen molar-refractivity contribution in [3.05, 3.63) is 60.8 Å². The van der Waals surface area contributed by atoms with Crippen molar-refractivity contribution in [2.24, 2.45) is 0 Å². The number of aliphatic hydroxyl groups excluding tert-OH is 8. The highest BCUT2D eigenvalue weighted by Gasteiger charge is 2.51. The van der Waals surface area contributed by atoms with Gasteiger partial charge < -0.3 is 65.1 Å². The summed E-state index contributed by atoms with van der Waals surface area (Å²) in [4.78, 5) is 13.4. The van der Waals surface area contributed by atoms with Gasteiger partial charge in [-0.3, -0.25) is 4.79 Å². The van der Waals surface area contributed by atoms with Gasteiger partial charge in [-0.1, -0.05) is 351 Å². The maximum Gasteiger partial charge on any atom is 0.220 e. The van der Waals surface area contributed by atoms with Crippen LogP contribution >= 0.6 is 0 Å². The van der Waals surface area contributed by atoms with E-state index in [1.54, 1.807) is 6.08 Å². The van der Waals surface area contributed by atoms with Crippen molar-refractivity contribution in [1.29, 1.82) is 0 Å². The number of ether oxygens (including phenoxy) is 4. The highest BCUT2D eigenvalue weighted by Crippen LogP contribution is 2.30. The molecule has 2 saturated heterocycles. The Kier molecular flexibility index (Phi) is 62.6. The summed E-state index contributed by atoms with van der Waals surface area (Å²) < 4.78 is 22.9. The number of aliphatic hydroxyl groups is 8. The average Bonchev–Trinajstić information content (AvgIpc) is 0.794. The van der Waals surface area contributed by atoms with Gasteiger partial charge >= 0.3 is 0 Å². The van der Waals surface area contributed by atoms with Gasteiger partial charge in [0.15, 0.2) is 12.6 Å². The largest absolute Gasteiger partial charge is 0.394 e. The SMILES string of the molecule is CCCCCCC/C=C\C/C=C\C/C=C\CCCCCCCCCCCCCCCCCCCCCCCCCCC(=O)NC(COC1OC(CO)C(OC2OC(CO)C(O)C(O)C2O)C(O)C1O)C(O)/C=C/CC/C=C/CCCCCCCCCCCCCCCCCCCC. The summed E-state index contributed by atoms with van der Waals surface area (Å²) in [5, 5.41) is 87.6. The Bertz CT molecular complexity index is 1860. The number of amides is 1. The number of hydrogen-bond acceptors (Lipinski definition) is 13. The van der Waals surface area contributed by atoms with E-state index >= 15 is 0 Å². The summed E-state index contributed by atoms with van der Waals surface area (Å²) in [5.41, 5.74) is 0. The smallest absolute Gasteiger partial charge is 0.220 e. The highest BCUT2D eigenvalue weighted by atomic mass is 16.7. The van der Waals surface area contributed by atoms with Crippen LogP contribution < -0.4 is 5.32 Å². The number of allylic oxidation sites excluding steroid dienone is 9. The summed E-state index contributed by atoms with van der Waals surface area (Å²) in [6.45, 7) is 2.82. The topological polar surface area (TPSA) is 228 Å². The molecule has 0 aromatic rings. The average molecular weight is 1370 g/mol. The fourth-order valence-corrected chi connectivity index (χ4v) is 13.4. The molecular formula is C83H153NO13. The minimum absolute atomic E-state index is 0.242. The minimum Gasteiger partial charge on any atom is -0.394 e. The van der Waals surface area contributed by atoms with E-state index in [1.807, 2.05) is 6.08 Å². The first-order valence-electron chi connectivity index (χ1n) is 41.0. The van der Waals surface area contributed by atoms with E-state index < -0.39 is 86.8 Å². The van der Waals surface area contributed by atoms with E-state index in [9.17, 15) is 45.6 Å². The zero-order chi connectivity index (χ0) is 70.1. The molecule has 1 amide bonds. The quantitative estimate of drug-likeness (QED) is 0.0204. The lowest BCUT2D eigenvalue weighted by molar-refractivity contribution is -0.359. The monoisotopic (exact) mass is 1370 g/mol. The molecule has 0 spiro atoms. The first-order chi connectivity index (χ1) is 47.6. The maximum absolute atomic E-state index is 13.4. The molecule has 9 N–H and O–H groups in total. The molecule has 14 heteroatoms. The molecule has 0 aliphatic carbocycles. The summed E-state index contributed by atoms with van der Waals surface area (Å²) in [6.07, 6.45) is 74.6. The molecule has 2 aliphatic heterocycles. The minimum atomic E-state index is -1.79. The van der Waals surface area contributed by atoms with Crippen LogP contribution in [0.1, 0.15) is 367 Å². The molecule has 12 atom stereocenters. The Balaban J connectivity index is 1.59. The molecule has 0 bridgehead atoms. The lowest BCUT2D eigenvalue weighted by Gasteiger charge is -2.46. The summed E-state index contributed by atoms with van der Waals surface area (Å²) in [5.74, 6) is -0.242. The molecule has 0 aromatic heterocycles. The van der Waals surface area contributed by atoms with E-state index in [1.165, 1.54) is 289 Å². The van der Waals surface area contributed by atoms with Crippen LogP contribution in [0.4, 0.5) is 0 Å². The van der Waals surface area contributed by atoms with E-state index in [4.69, 9.17) is 18.9 Å². The van der Waals surface area contributed by atoms with Crippen LogP contribution in [0, 0.1) is 0 Å². The standard InChI is InChI=1S/C83H153NO13/c1-3-5-7-9-11-13-15-17-19-21-23-25-27-29-30-31-32-33-34-35-36-37-38-39-40-41-42-43-45-47-49-51-53-55-57-59-61-63-65-67-75(88)84-71(70-94-82-80(93)78(91)81(74(69-86)96-82)97-83-79(92)77(90)76(89)73(68-85)95-83)72(87)66-64-62-60-58-56-54-52-50-48-46-44-28-26-24-22-20-18-16-14-12-10-8-6-4-2/h15,17,21,23,27,29,56,58,64,66,71-74,76-83,85-87,89-93H,3-14,16,18-20,22,24-26,28,30-55,57,59-63,65,67-70H2,1-2H3,(H,84,88)/b17-15-,23-21-,29-27-,58-56+,66-64+. The fourth-order valence-electron chi connectivity index (χ4n) is 13.4. The Morgan fingerprint density at radius 2 is 0.691 bits per heavy atom. The number of carbonyl (C=O) groups is 1. The van der Waals surface area contributed by atoms with Crippen LogP contribution in [0.25, 0.3) is 0 Å². The Morgan fingerprint density at radius 3 is 1.08 bits per heavy atom. The van der Waals surface area contributed by atoms with Gasteiger partial charge in [0.25, 0.3) is 0 Å². The first kappa shape index (κ1) is 90.8. The normalized spacial score (nSPS) is 22.4. The van der Waals surface area contributed by atoms with Crippen molar-refractivity contribution >= 4 is 5.91 Å². The van der Waals surface area contributed by atoms with Crippen LogP contribution in [0.15, 0.2) is 60.8 Å². The molecule has 0 radical (unpaired) electrons. The van der Waals surface area contributed by atoms with Gasteiger partial charge in [0.2, 0.25) is 5.91 Å². The first-order valence-corrected chi connectivity index (χ1v) is 41.0. The third-order valence-corrected chi connectivity index (χ3v) is 19.9. The van der Waals surface area contributed by atoms with Gasteiger partial charge in [0.1, 0.15) is 48.8 Å². The number of unbranched alkanes of at least 4 members (excludes halogenated alkanes) is 48. The molecule has 2 aliphatic rings. The van der Waals surface area contributed by atoms with Crippen molar-refractivity contribution in [2.75, 3.05) is 19.8 Å². The molecule has 14 nitrogen and oxygen atoms in total. The van der Waals surface area contributed by atoms with E-state index in [-0.39, 0.29) is 18.9 Å². The molecule has 0 aromatic carbocycles. The van der Waals surface area contributed by atoms with Crippen LogP contribution in [0.2, 0.25) is 0 Å². The lowest BCUT2D eigenvalue weighted by Crippen LogP contribution is -2.65. The van der Waals surface area contributed by atoms with Crippen LogP contribution in [-0.4, -0.2) is 140 Å². The van der Waals surface area contributed by atoms with Crippen molar-refractivity contribution < 1.29 is 64.6 Å². The van der Waals surface area contributed by atoms with Crippen LogP contribution in [0.5, 0.6) is 0 Å². The van der Waals surface area contributed by atoms with E-state index in [0.29, 0.717) is 12.8 Å². The van der Waals surface area contributed by atoms with Gasteiger partial charge in [-0.2, -0.15) is 0 Å². The van der Waals surface area contributed by atoms with Crippen LogP contribution in [0.3, 0.4) is 0 Å². The van der Waals surface area contributed by atoms with Crippen LogP contribution in [-0.2, 0) is 23.7 Å². The van der Waals surface area contributed by atoms with Crippen molar-refractivity contribution in [1.82, 2.24) is 5.32 Å². The van der Waals surface area contributed by atoms with Crippen molar-refractivity contribution in [2.45, 2.75) is 441 Å². The zero-order valence-electron chi connectivity index (χ0n) is 62.3. The molecule has 0 saturated carbocycles. The maximum atomic E-state index is 13.4. The second-order valence-electron chi connectivity index (χ2n) is 28.9. The van der Waals surface area contributed by atoms with E-state index in [2.05, 4.69) is 67.8 Å². The number of nitrogens with one attached hydrogen (secondary N) is 1. The molecule has 12 unspecified atom stereocenters. The summed E-state index contributed by atoms with van der Waals surface area (Å²) in [7, 11) is 0. The predicted molar refractivity (Wildman–Crippen MR) is 401 cm³/mol. The van der Waals surface area contributed by atoms with Gasteiger partial charge in [-0.05, 0) is 70.6 Å². The molecular weight excluding hydrogens is 1220 g/mol. The fraction of sp³-hybridized carbons (Fsp3) is 0.867. The van der Waals surface area contributed by atoms with Gasteiger partial charge in [0.05, 0.1) is 32.0 Å². The van der Waals surface area contributed by atoms with Gasteiger partial charge in [0, 0.05) is 6.42 Å². The molecule has 97 heavy (non-hydrogen) atoms. The van der Waals surface area contributed by atoms with Gasteiger partial charge in [-0.15, -0.1) is 0 Å². The lowest BCUT2D eigenvalue weighted by atomic mass is 9.97. The number of hydrogen-bond donors (Lipinski definition) is 9. The second kappa shape index (κ2) is 66.9. The Morgan fingerprint density at radius 1 is 0.371 bits per heavy atom. The summed E-state index contributed by atoms with van der Waals surface area (Å²) in [6, 6.07) is -0.933. The third-order valence-electron chi connectivity index (χ3n) is 19.9. The highest BCUT2D eigenvalue weighted by molar-refractivity contribution is 5.76. The Labute approximate surface area is 594 Å². The second-order valence-corrected chi connectivity index (χ2v) is 28.9. The molecule has 2 heterocycles. The molecule has 2 fully saturated rings. The van der Waals surface area contributed by atoms with Crippen molar-refractivity contribution in [3.63, 3.8) is 0 Å². The number of carbonyl (C=O) groups excluding carboxylic acids is 1. The summed E-state index contributed by atoms with van der Waals surface area (Å²) >= 11 is 0. The Hall–Kier alpha value is -2.31. The molecule has 568 valence electrons. The zero-order valence-corrected chi connectivity index (χ0v) is 62.3. The molecule has 2 rings (SSSR count). The third kappa shape index (κ3) is 49.9. The van der Waals surface area contributed by atoms with E-state index in [0.717, 1.165) is 44.9 Å². The number of rotatable bonds is 69. The van der Waals surface area contributed by atoms with Gasteiger partial charge in [-0.25, -0.2) is 0 Å². The van der Waals surface area contributed by atoms with Crippen molar-refractivity contribution in [3.8, 4) is 0 Å².